The SMILES string of the molecule is COC(=O)[C@]1(C#N)[C@H](c2ccc(OC)c(OC)c2)[C@H](C(N)=O)N2C=C(C(C)=O)C=C[C@H]21. The first-order valence-electron chi connectivity index (χ1n) is 9.46. The highest BCUT2D eigenvalue weighted by Crippen LogP contribution is 2.54. The van der Waals surface area contributed by atoms with Gasteiger partial charge < -0.3 is 24.8 Å². The number of carbonyl (C=O) groups is 3. The van der Waals surface area contributed by atoms with Crippen molar-refractivity contribution in [3.63, 3.8) is 0 Å². The van der Waals surface area contributed by atoms with Gasteiger partial charge in [0.05, 0.1) is 33.4 Å². The number of carbonyl (C=O) groups excluding carboxylic acids is 3. The number of primary amides is 1. The van der Waals surface area contributed by atoms with Crippen LogP contribution >= 0.6 is 0 Å². The summed E-state index contributed by atoms with van der Waals surface area (Å²) in [6, 6.07) is 5.01. The summed E-state index contributed by atoms with van der Waals surface area (Å²) in [5.74, 6) is -1.98. The number of nitrogens with two attached hydrogens (primary N) is 1. The lowest BCUT2D eigenvalue weighted by Gasteiger charge is -2.32. The number of fused-ring (bicyclic) bond motifs is 1. The Labute approximate surface area is 179 Å². The van der Waals surface area contributed by atoms with Crippen LogP contribution in [-0.2, 0) is 19.1 Å². The molecule has 1 aromatic rings. The summed E-state index contributed by atoms with van der Waals surface area (Å²) in [5.41, 5.74) is 4.75. The number of esters is 1. The van der Waals surface area contributed by atoms with Crippen molar-refractivity contribution in [1.82, 2.24) is 4.90 Å². The molecule has 162 valence electrons. The van der Waals surface area contributed by atoms with Crippen molar-refractivity contribution in [1.29, 1.82) is 5.26 Å². The van der Waals surface area contributed by atoms with Crippen molar-refractivity contribution < 1.29 is 28.6 Å². The van der Waals surface area contributed by atoms with Crippen LogP contribution in [0.3, 0.4) is 0 Å². The van der Waals surface area contributed by atoms with Crippen molar-refractivity contribution in [3.8, 4) is 17.6 Å². The summed E-state index contributed by atoms with van der Waals surface area (Å²) in [4.78, 5) is 39.1. The third kappa shape index (κ3) is 3.20. The van der Waals surface area contributed by atoms with E-state index in [0.29, 0.717) is 22.6 Å². The van der Waals surface area contributed by atoms with Crippen LogP contribution in [0.5, 0.6) is 11.5 Å². The molecular formula is C22H23N3O6. The van der Waals surface area contributed by atoms with E-state index in [0.717, 1.165) is 0 Å². The van der Waals surface area contributed by atoms with Crippen LogP contribution in [0.2, 0.25) is 0 Å². The molecule has 0 bridgehead atoms. The van der Waals surface area contributed by atoms with Crippen LogP contribution in [0.1, 0.15) is 18.4 Å². The minimum absolute atomic E-state index is 0.229. The van der Waals surface area contributed by atoms with Gasteiger partial charge in [0, 0.05) is 17.7 Å². The van der Waals surface area contributed by atoms with E-state index >= 15 is 0 Å². The second kappa shape index (κ2) is 8.14. The number of hydrogen-bond acceptors (Lipinski definition) is 8. The number of benzene rings is 1. The zero-order valence-electron chi connectivity index (χ0n) is 17.6. The molecule has 0 radical (unpaired) electrons. The molecule has 4 atom stereocenters. The van der Waals surface area contributed by atoms with Gasteiger partial charge in [-0.1, -0.05) is 18.2 Å². The van der Waals surface area contributed by atoms with Crippen LogP contribution in [0.25, 0.3) is 0 Å². The van der Waals surface area contributed by atoms with Crippen molar-refractivity contribution in [2.75, 3.05) is 21.3 Å². The highest BCUT2D eigenvalue weighted by molar-refractivity contribution is 5.97. The summed E-state index contributed by atoms with van der Waals surface area (Å²) in [6.07, 6.45) is 4.57. The Bertz CT molecular complexity index is 1040. The summed E-state index contributed by atoms with van der Waals surface area (Å²) >= 11 is 0. The number of amides is 1. The highest BCUT2D eigenvalue weighted by Gasteiger charge is 2.66. The van der Waals surface area contributed by atoms with E-state index in [1.165, 1.54) is 45.4 Å². The number of allylic oxidation sites excluding steroid dienone is 2. The average Bonchev–Trinajstić information content (AvgIpc) is 3.08. The Morgan fingerprint density at radius 2 is 1.84 bits per heavy atom. The highest BCUT2D eigenvalue weighted by atomic mass is 16.5. The summed E-state index contributed by atoms with van der Waals surface area (Å²) in [6.45, 7) is 1.38. The first kappa shape index (κ1) is 21.9. The lowest BCUT2D eigenvalue weighted by molar-refractivity contribution is -0.150. The Hall–Kier alpha value is -3.80. The quantitative estimate of drug-likeness (QED) is 0.669. The van der Waals surface area contributed by atoms with Gasteiger partial charge in [-0.25, -0.2) is 0 Å². The van der Waals surface area contributed by atoms with Crippen LogP contribution in [-0.4, -0.2) is 56.0 Å². The maximum atomic E-state index is 13.1. The molecule has 2 heterocycles. The Kier molecular flexibility index (Phi) is 5.75. The molecule has 1 saturated heterocycles. The van der Waals surface area contributed by atoms with E-state index in [2.05, 4.69) is 6.07 Å². The molecular weight excluding hydrogens is 402 g/mol. The molecule has 9 heteroatoms. The van der Waals surface area contributed by atoms with Crippen molar-refractivity contribution in [2.45, 2.75) is 24.9 Å². The summed E-state index contributed by atoms with van der Waals surface area (Å²) in [5, 5.41) is 10.3. The van der Waals surface area contributed by atoms with Gasteiger partial charge >= 0.3 is 5.97 Å². The van der Waals surface area contributed by atoms with Gasteiger partial charge in [0.25, 0.3) is 0 Å². The van der Waals surface area contributed by atoms with Gasteiger partial charge in [0.2, 0.25) is 5.91 Å². The normalized spacial score (nSPS) is 26.4. The zero-order chi connectivity index (χ0) is 22.9. The van der Waals surface area contributed by atoms with Gasteiger partial charge in [-0.3, -0.25) is 14.4 Å². The number of methoxy groups -OCH3 is 3. The van der Waals surface area contributed by atoms with Gasteiger partial charge in [0.1, 0.15) is 6.04 Å². The number of nitriles is 1. The molecule has 0 aliphatic carbocycles. The molecule has 3 rings (SSSR count). The standard InChI is InChI=1S/C22H23N3O6/c1-12(26)14-6-8-17-22(11-23,21(28)31-4)18(19(20(24)27)25(17)10-14)13-5-7-15(29-2)16(9-13)30-3/h5-10,17-19H,1-4H3,(H2,24,27)/t17-,18+,19+,22-/m0/s1. The summed E-state index contributed by atoms with van der Waals surface area (Å²) in [7, 11) is 4.11. The fraction of sp³-hybridized carbons (Fsp3) is 0.364. The molecule has 0 saturated carbocycles. The molecule has 0 unspecified atom stereocenters. The van der Waals surface area contributed by atoms with Gasteiger partial charge in [0.15, 0.2) is 22.7 Å². The number of nitrogens with zero attached hydrogens (tertiary/aromatic N) is 2. The largest absolute Gasteiger partial charge is 0.493 e. The van der Waals surface area contributed by atoms with E-state index in [4.69, 9.17) is 19.9 Å². The van der Waals surface area contributed by atoms with E-state index in [9.17, 15) is 19.6 Å². The average molecular weight is 425 g/mol. The van der Waals surface area contributed by atoms with Crippen LogP contribution < -0.4 is 15.2 Å². The van der Waals surface area contributed by atoms with Crippen molar-refractivity contribution in [3.05, 3.63) is 47.7 Å². The molecule has 9 nitrogen and oxygen atoms in total. The van der Waals surface area contributed by atoms with Crippen molar-refractivity contribution in [2.24, 2.45) is 11.1 Å². The minimum atomic E-state index is -1.80. The Morgan fingerprint density at radius 3 is 2.35 bits per heavy atom. The molecule has 2 aliphatic rings. The molecule has 0 spiro atoms. The molecule has 1 fully saturated rings. The predicted molar refractivity (Wildman–Crippen MR) is 109 cm³/mol. The van der Waals surface area contributed by atoms with E-state index in [1.807, 2.05) is 0 Å². The maximum Gasteiger partial charge on any atom is 0.329 e. The Balaban J connectivity index is 2.31. The third-order valence-electron chi connectivity index (χ3n) is 5.83. The number of rotatable bonds is 6. The molecule has 1 aromatic carbocycles. The lowest BCUT2D eigenvalue weighted by atomic mass is 9.68. The molecule has 2 N–H and O–H groups in total. The van der Waals surface area contributed by atoms with E-state index < -0.39 is 35.3 Å². The van der Waals surface area contributed by atoms with Gasteiger partial charge in [-0.15, -0.1) is 0 Å². The summed E-state index contributed by atoms with van der Waals surface area (Å²) < 4.78 is 15.6. The molecule has 31 heavy (non-hydrogen) atoms. The number of ether oxygens (including phenoxy) is 3. The lowest BCUT2D eigenvalue weighted by Crippen LogP contribution is -2.45. The van der Waals surface area contributed by atoms with Crippen LogP contribution in [0, 0.1) is 16.7 Å². The second-order valence-corrected chi connectivity index (χ2v) is 7.30. The van der Waals surface area contributed by atoms with Gasteiger partial charge in [-0.05, 0) is 24.6 Å². The molecule has 0 aromatic heterocycles. The first-order chi connectivity index (χ1) is 14.8. The smallest absolute Gasteiger partial charge is 0.329 e. The zero-order valence-corrected chi connectivity index (χ0v) is 17.6. The predicted octanol–water partition coefficient (Wildman–Crippen LogP) is 1.05. The molecule has 1 amide bonds. The third-order valence-corrected chi connectivity index (χ3v) is 5.83. The maximum absolute atomic E-state index is 13.1. The second-order valence-electron chi connectivity index (χ2n) is 7.30. The first-order valence-corrected chi connectivity index (χ1v) is 9.46. The minimum Gasteiger partial charge on any atom is -0.493 e. The van der Waals surface area contributed by atoms with Crippen LogP contribution in [0.15, 0.2) is 42.1 Å². The van der Waals surface area contributed by atoms with Gasteiger partial charge in [-0.2, -0.15) is 5.26 Å². The van der Waals surface area contributed by atoms with E-state index in [1.54, 1.807) is 24.3 Å². The fourth-order valence-electron chi connectivity index (χ4n) is 4.43. The van der Waals surface area contributed by atoms with Crippen LogP contribution in [0.4, 0.5) is 0 Å². The fourth-order valence-corrected chi connectivity index (χ4v) is 4.43. The van der Waals surface area contributed by atoms with Crippen molar-refractivity contribution >= 4 is 17.7 Å². The monoisotopic (exact) mass is 425 g/mol. The topological polar surface area (TPSA) is 132 Å². The van der Waals surface area contributed by atoms with E-state index in [-0.39, 0.29) is 5.78 Å². The number of hydrogen-bond donors (Lipinski definition) is 1. The Morgan fingerprint density at radius 1 is 1.16 bits per heavy atom. The molecule has 2 aliphatic heterocycles. The number of ketones is 1. The number of Topliss-reactive ketones (excluding diaryl/α,β-unsaturated/α-hetero) is 1.